The molecule has 43 heavy (non-hydrogen) atoms. The number of anilines is 1. The van der Waals surface area contributed by atoms with Crippen LogP contribution in [0.3, 0.4) is 0 Å². The van der Waals surface area contributed by atoms with Gasteiger partial charge in [0.1, 0.15) is 11.8 Å². The summed E-state index contributed by atoms with van der Waals surface area (Å²) in [6.45, 7) is 2.57. The monoisotopic (exact) mass is 621 g/mol. The van der Waals surface area contributed by atoms with Crippen LogP contribution in [-0.2, 0) is 43.7 Å². The van der Waals surface area contributed by atoms with Gasteiger partial charge in [0, 0.05) is 38.3 Å². The minimum absolute atomic E-state index is 0.0129. The molecule has 0 amide bonds. The van der Waals surface area contributed by atoms with E-state index < -0.39 is 34.2 Å². The second kappa shape index (κ2) is 16.7. The highest BCUT2D eigenvalue weighted by Gasteiger charge is 2.24. The van der Waals surface area contributed by atoms with Crippen LogP contribution in [0.1, 0.15) is 42.9 Å². The van der Waals surface area contributed by atoms with Gasteiger partial charge in [0.05, 0.1) is 6.26 Å². The number of carboxylic acid groups (broad SMARTS) is 2. The van der Waals surface area contributed by atoms with Gasteiger partial charge in [-0.3, -0.25) is 9.79 Å². The maximum Gasteiger partial charge on any atom is 0.333 e. The molecule has 0 spiro atoms. The number of aryl methyl sites for hydroxylation is 1. The zero-order valence-corrected chi connectivity index (χ0v) is 25.6. The standard InChI is InChI=1S/C23H29NO6S.C6H14N4O2/c1-4-29-22(23(25)26)13-16-5-9-19(10-6-16)24(2)20-11-7-18-15-21(30-31(3,27)28)12-8-17(18)14-20;7-4(5(11)12)2-1-3-10-6(8)9/h5-6,8-10,12,15,20,22H,4,7,11,13-14H2,1-3H3,(H,25,26);4H,1-3,7H2,(H,11,12)(H4,8,9,10)/t;4-/m.0/s1. The molecule has 1 aliphatic rings. The zero-order chi connectivity index (χ0) is 32.2. The molecule has 0 heterocycles. The Morgan fingerprint density at radius 1 is 1.09 bits per heavy atom. The average molecular weight is 622 g/mol. The average Bonchev–Trinajstić information content (AvgIpc) is 2.94. The molecule has 2 aromatic rings. The van der Waals surface area contributed by atoms with Crippen LogP contribution in [-0.4, -0.2) is 81.2 Å². The number of benzene rings is 2. The first kappa shape index (κ1) is 35.3. The van der Waals surface area contributed by atoms with E-state index in [1.54, 1.807) is 13.0 Å². The van der Waals surface area contributed by atoms with Gasteiger partial charge in [-0.15, -0.1) is 0 Å². The van der Waals surface area contributed by atoms with Gasteiger partial charge in [0.15, 0.2) is 12.1 Å². The van der Waals surface area contributed by atoms with Crippen molar-refractivity contribution in [3.63, 3.8) is 0 Å². The molecule has 0 saturated carbocycles. The van der Waals surface area contributed by atoms with Gasteiger partial charge >= 0.3 is 22.1 Å². The van der Waals surface area contributed by atoms with Crippen molar-refractivity contribution in [3.8, 4) is 5.75 Å². The fourth-order valence-corrected chi connectivity index (χ4v) is 5.08. The van der Waals surface area contributed by atoms with E-state index in [0.717, 1.165) is 42.3 Å². The van der Waals surface area contributed by atoms with E-state index in [9.17, 15) is 23.1 Å². The van der Waals surface area contributed by atoms with Gasteiger partial charge in [-0.05, 0) is 80.0 Å². The highest BCUT2D eigenvalue weighted by molar-refractivity contribution is 7.86. The first-order valence-electron chi connectivity index (χ1n) is 13.9. The Bertz CT molecular complexity index is 1350. The number of aliphatic carboxylic acids is 2. The Hall–Kier alpha value is -3.88. The van der Waals surface area contributed by atoms with Crippen LogP contribution < -0.4 is 26.3 Å². The molecule has 0 fully saturated rings. The molecule has 3 atom stereocenters. The minimum Gasteiger partial charge on any atom is -0.480 e. The number of fused-ring (bicyclic) bond motifs is 1. The fraction of sp³-hybridized carbons (Fsp3) is 0.483. The number of ether oxygens (including phenoxy) is 1. The molecule has 238 valence electrons. The van der Waals surface area contributed by atoms with Crippen molar-refractivity contribution in [1.29, 1.82) is 0 Å². The highest BCUT2D eigenvalue weighted by Crippen LogP contribution is 2.30. The second-order valence-electron chi connectivity index (χ2n) is 10.3. The molecule has 14 heteroatoms. The number of hydrogen-bond donors (Lipinski definition) is 5. The van der Waals surface area contributed by atoms with Crippen molar-refractivity contribution >= 4 is 33.7 Å². The van der Waals surface area contributed by atoms with Crippen LogP contribution in [0.2, 0.25) is 0 Å². The summed E-state index contributed by atoms with van der Waals surface area (Å²) in [6.07, 6.45) is 4.15. The van der Waals surface area contributed by atoms with Crippen LogP contribution >= 0.6 is 0 Å². The minimum atomic E-state index is -3.53. The van der Waals surface area contributed by atoms with E-state index in [4.69, 9.17) is 31.2 Å². The zero-order valence-electron chi connectivity index (χ0n) is 24.8. The Morgan fingerprint density at radius 3 is 2.33 bits per heavy atom. The summed E-state index contributed by atoms with van der Waals surface area (Å²) in [5, 5.41) is 17.6. The number of aliphatic imine (C=N–C) groups is 1. The molecular weight excluding hydrogens is 578 g/mol. The largest absolute Gasteiger partial charge is 0.480 e. The molecule has 3 rings (SSSR count). The summed E-state index contributed by atoms with van der Waals surface area (Å²) in [6, 6.07) is 12.9. The Kier molecular flexibility index (Phi) is 13.7. The van der Waals surface area contributed by atoms with E-state index in [-0.39, 0.29) is 5.96 Å². The first-order valence-corrected chi connectivity index (χ1v) is 15.7. The molecule has 13 nitrogen and oxygen atoms in total. The maximum atomic E-state index is 11.4. The quantitative estimate of drug-likeness (QED) is 0.0877. The molecule has 8 N–H and O–H groups in total. The van der Waals surface area contributed by atoms with Crippen molar-refractivity contribution in [2.24, 2.45) is 22.2 Å². The third-order valence-corrected chi connectivity index (χ3v) is 7.36. The summed E-state index contributed by atoms with van der Waals surface area (Å²) >= 11 is 0. The number of likely N-dealkylation sites (N-methyl/N-ethyl adjacent to an activating group) is 1. The predicted molar refractivity (Wildman–Crippen MR) is 165 cm³/mol. The molecule has 0 aromatic heterocycles. The summed E-state index contributed by atoms with van der Waals surface area (Å²) < 4.78 is 33.0. The molecule has 0 bridgehead atoms. The van der Waals surface area contributed by atoms with E-state index in [2.05, 4.69) is 16.9 Å². The normalized spacial score (nSPS) is 15.6. The fourth-order valence-electron chi connectivity index (χ4n) is 4.62. The molecule has 0 aliphatic heterocycles. The third kappa shape index (κ3) is 12.5. The lowest BCUT2D eigenvalue weighted by Gasteiger charge is -2.34. The summed E-state index contributed by atoms with van der Waals surface area (Å²) in [7, 11) is -1.47. The van der Waals surface area contributed by atoms with Crippen LogP contribution in [0.5, 0.6) is 5.75 Å². The second-order valence-corrected chi connectivity index (χ2v) is 11.8. The summed E-state index contributed by atoms with van der Waals surface area (Å²) in [5.41, 5.74) is 19.6. The van der Waals surface area contributed by atoms with Crippen molar-refractivity contribution in [2.45, 2.75) is 63.6 Å². The van der Waals surface area contributed by atoms with Crippen LogP contribution in [0.4, 0.5) is 5.69 Å². The maximum absolute atomic E-state index is 11.4. The van der Waals surface area contributed by atoms with Gasteiger partial charge < -0.3 is 41.2 Å². The smallest absolute Gasteiger partial charge is 0.333 e. The molecule has 1 aliphatic carbocycles. The van der Waals surface area contributed by atoms with Gasteiger partial charge in [0.2, 0.25) is 0 Å². The summed E-state index contributed by atoms with van der Waals surface area (Å²) in [5.74, 6) is -1.58. The van der Waals surface area contributed by atoms with Crippen LogP contribution in [0.25, 0.3) is 0 Å². The Labute approximate surface area is 252 Å². The van der Waals surface area contributed by atoms with E-state index in [1.807, 2.05) is 36.4 Å². The van der Waals surface area contributed by atoms with E-state index >= 15 is 0 Å². The Balaban J connectivity index is 0.000000455. The first-order chi connectivity index (χ1) is 20.2. The summed E-state index contributed by atoms with van der Waals surface area (Å²) in [4.78, 5) is 27.4. The lowest BCUT2D eigenvalue weighted by molar-refractivity contribution is -0.150. The number of carboxylic acids is 2. The van der Waals surface area contributed by atoms with Gasteiger partial charge in [0.25, 0.3) is 0 Å². The number of guanidine groups is 1. The van der Waals surface area contributed by atoms with Gasteiger partial charge in [-0.25, -0.2) is 4.79 Å². The molecule has 2 unspecified atom stereocenters. The molecule has 0 saturated heterocycles. The SMILES string of the molecule is CCOC(Cc1ccc(N(C)C2CCc3cc(OS(C)(=O)=O)ccc3C2)cc1)C(=O)O.NC(N)=NCCC[C@H](N)C(=O)O. The molecule has 0 radical (unpaired) electrons. The Morgan fingerprint density at radius 2 is 1.77 bits per heavy atom. The number of hydrogen-bond acceptors (Lipinski definition) is 9. The number of nitrogens with two attached hydrogens (primary N) is 3. The van der Waals surface area contributed by atoms with Crippen molar-refractivity contribution in [1.82, 2.24) is 0 Å². The van der Waals surface area contributed by atoms with E-state index in [1.165, 1.54) is 5.56 Å². The highest BCUT2D eigenvalue weighted by atomic mass is 32.2. The van der Waals surface area contributed by atoms with E-state index in [0.29, 0.717) is 44.2 Å². The predicted octanol–water partition coefficient (Wildman–Crippen LogP) is 1.50. The van der Waals surface area contributed by atoms with Crippen LogP contribution in [0, 0.1) is 0 Å². The topological polar surface area (TPSA) is 221 Å². The molecule has 2 aromatic carbocycles. The van der Waals surface area contributed by atoms with Crippen LogP contribution in [0.15, 0.2) is 47.5 Å². The lowest BCUT2D eigenvalue weighted by Crippen LogP contribution is -2.36. The van der Waals surface area contributed by atoms with Crippen molar-refractivity contribution < 1.29 is 37.1 Å². The number of nitrogens with zero attached hydrogens (tertiary/aromatic N) is 2. The number of carbonyl (C=O) groups is 2. The van der Waals surface area contributed by atoms with Gasteiger partial charge in [-0.2, -0.15) is 8.42 Å². The van der Waals surface area contributed by atoms with Crippen molar-refractivity contribution in [2.75, 3.05) is 31.4 Å². The lowest BCUT2D eigenvalue weighted by atomic mass is 9.87. The third-order valence-electron chi connectivity index (χ3n) is 6.87. The van der Waals surface area contributed by atoms with Crippen molar-refractivity contribution in [3.05, 3.63) is 59.2 Å². The van der Waals surface area contributed by atoms with Gasteiger partial charge in [-0.1, -0.05) is 18.2 Å². The number of rotatable bonds is 14. The molecular formula is C29H43N5O8S.